The Morgan fingerprint density at radius 1 is 1.24 bits per heavy atom. The fraction of sp³-hybridized carbons (Fsp3) is 0.857. The lowest BCUT2D eigenvalue weighted by Crippen LogP contribution is -2.34. The van der Waals surface area contributed by atoms with Crippen LogP contribution in [0.15, 0.2) is 4.40 Å². The Balaban J connectivity index is 5.39. The Hall–Kier alpha value is -0.690. The molecule has 0 rings (SSSR count). The summed E-state index contributed by atoms with van der Waals surface area (Å²) < 4.78 is 46.2. The van der Waals surface area contributed by atoms with Crippen molar-refractivity contribution in [1.82, 2.24) is 0 Å². The number of carbonyl (C=O) groups excluding carboxylic acids is 1. The zero-order chi connectivity index (χ0) is 17.0. The first kappa shape index (κ1) is 20.3. The van der Waals surface area contributed by atoms with Gasteiger partial charge in [0.05, 0.1) is 6.10 Å². The lowest BCUT2D eigenvalue weighted by Gasteiger charge is -2.25. The molecule has 0 aliphatic rings. The van der Waals surface area contributed by atoms with E-state index in [1.54, 1.807) is 34.6 Å². The molecule has 0 saturated carbocycles. The molecule has 1 unspecified atom stereocenters. The Morgan fingerprint density at radius 2 is 1.71 bits per heavy atom. The maximum atomic E-state index is 13.0. The average molecular weight is 325 g/mol. The van der Waals surface area contributed by atoms with E-state index in [-0.39, 0.29) is 12.1 Å². The van der Waals surface area contributed by atoms with Gasteiger partial charge in [0.25, 0.3) is 0 Å². The van der Waals surface area contributed by atoms with Crippen molar-refractivity contribution in [3.05, 3.63) is 0 Å². The van der Waals surface area contributed by atoms with E-state index in [2.05, 4.69) is 4.40 Å². The van der Waals surface area contributed by atoms with Gasteiger partial charge < -0.3 is 9.29 Å². The van der Waals surface area contributed by atoms with Gasteiger partial charge in [-0.05, 0) is 34.6 Å². The number of hydrogen-bond donors (Lipinski definition) is 0. The lowest BCUT2D eigenvalue weighted by atomic mass is 9.87. The molecule has 0 saturated heterocycles. The molecular weight excluding hydrogens is 300 g/mol. The third kappa shape index (κ3) is 7.22. The molecule has 0 amide bonds. The van der Waals surface area contributed by atoms with Crippen molar-refractivity contribution in [2.24, 2.45) is 9.81 Å². The Labute approximate surface area is 128 Å². The molecule has 0 radical (unpaired) electrons. The van der Waals surface area contributed by atoms with E-state index in [0.29, 0.717) is 0 Å². The predicted octanol–water partition coefficient (Wildman–Crippen LogP) is 3.52. The van der Waals surface area contributed by atoms with Crippen molar-refractivity contribution >= 4 is 23.0 Å². The van der Waals surface area contributed by atoms with Gasteiger partial charge >= 0.3 is 5.97 Å². The van der Waals surface area contributed by atoms with Crippen molar-refractivity contribution in [3.63, 3.8) is 0 Å². The van der Waals surface area contributed by atoms with Crippen molar-refractivity contribution in [2.75, 3.05) is 0 Å². The predicted molar refractivity (Wildman–Crippen MR) is 81.0 cm³/mol. The molecule has 0 aliphatic heterocycles. The van der Waals surface area contributed by atoms with Crippen molar-refractivity contribution in [2.45, 2.75) is 72.2 Å². The normalized spacial score (nSPS) is 15.5. The number of hydrogen-bond acceptors (Lipinski definition) is 4. The molecule has 0 aromatic heterocycles. The summed E-state index contributed by atoms with van der Waals surface area (Å²) in [5.41, 5.74) is -1.65. The highest BCUT2D eigenvalue weighted by Crippen LogP contribution is 2.30. The fourth-order valence-electron chi connectivity index (χ4n) is 1.17. The molecule has 0 spiro atoms. The van der Waals surface area contributed by atoms with Crippen LogP contribution in [0.4, 0.5) is 8.78 Å². The van der Waals surface area contributed by atoms with Crippen LogP contribution in [0.3, 0.4) is 0 Å². The monoisotopic (exact) mass is 325 g/mol. The molecule has 0 aromatic rings. The van der Waals surface area contributed by atoms with Gasteiger partial charge in [-0.2, -0.15) is 0 Å². The molecule has 0 aliphatic carbocycles. The van der Waals surface area contributed by atoms with Crippen molar-refractivity contribution in [3.8, 4) is 0 Å². The summed E-state index contributed by atoms with van der Waals surface area (Å²) in [6, 6.07) is 0. The van der Waals surface area contributed by atoms with E-state index < -0.39 is 40.0 Å². The molecule has 4 nitrogen and oxygen atoms in total. The molecule has 0 N–H and O–H groups in total. The second-order valence-electron chi connectivity index (χ2n) is 6.82. The number of nitrogens with zero attached hydrogens (tertiary/aromatic N) is 1. The van der Waals surface area contributed by atoms with E-state index in [0.717, 1.165) is 0 Å². The van der Waals surface area contributed by atoms with Gasteiger partial charge in [-0.25, -0.2) is 13.6 Å². The lowest BCUT2D eigenvalue weighted by molar-refractivity contribution is -0.139. The van der Waals surface area contributed by atoms with Gasteiger partial charge in [0.15, 0.2) is 5.71 Å². The zero-order valence-corrected chi connectivity index (χ0v) is 14.5. The first-order valence-electron chi connectivity index (χ1n) is 6.76. The van der Waals surface area contributed by atoms with Crippen LogP contribution in [0.25, 0.3) is 0 Å². The topological polar surface area (TPSA) is 61.7 Å². The fourth-order valence-corrected chi connectivity index (χ4v) is 1.78. The Kier molecular flexibility index (Phi) is 7.29. The minimum Gasteiger partial charge on any atom is -0.591 e. The van der Waals surface area contributed by atoms with Crippen LogP contribution < -0.4 is 0 Å². The van der Waals surface area contributed by atoms with Crippen molar-refractivity contribution in [1.29, 1.82) is 0 Å². The van der Waals surface area contributed by atoms with Gasteiger partial charge in [0.1, 0.15) is 16.1 Å². The maximum absolute atomic E-state index is 13.0. The third-order valence-corrected chi connectivity index (χ3v) is 3.94. The standard InChI is InChI=1S/C14H25F2NO3S/c1-9(2)20-11(18)10(8-14(6,7)12(15)16)17-21(19)13(3,4)5/h9,12H,8H2,1-7H3/b17-10-. The first-order chi connectivity index (χ1) is 9.27. The summed E-state index contributed by atoms with van der Waals surface area (Å²) in [5, 5.41) is 0. The van der Waals surface area contributed by atoms with Crippen LogP contribution in [0.1, 0.15) is 54.9 Å². The third-order valence-electron chi connectivity index (χ3n) is 2.51. The zero-order valence-electron chi connectivity index (χ0n) is 13.7. The van der Waals surface area contributed by atoms with Gasteiger partial charge in [-0.3, -0.25) is 0 Å². The number of ether oxygens (including phenoxy) is 1. The highest BCUT2D eigenvalue weighted by molar-refractivity contribution is 7.91. The van der Waals surface area contributed by atoms with E-state index in [1.165, 1.54) is 13.8 Å². The minimum absolute atomic E-state index is 0.206. The summed E-state index contributed by atoms with van der Waals surface area (Å²) >= 11 is -1.71. The van der Waals surface area contributed by atoms with E-state index in [1.807, 2.05) is 0 Å². The van der Waals surface area contributed by atoms with Crippen LogP contribution in [0.5, 0.6) is 0 Å². The van der Waals surface area contributed by atoms with Gasteiger partial charge in [0.2, 0.25) is 6.43 Å². The number of esters is 1. The number of carbonyl (C=O) groups is 1. The summed E-state index contributed by atoms with van der Waals surface area (Å²) in [4.78, 5) is 12.0. The molecule has 0 aromatic carbocycles. The second kappa shape index (κ2) is 7.54. The molecule has 21 heavy (non-hydrogen) atoms. The van der Waals surface area contributed by atoms with Crippen molar-refractivity contribution < 1.29 is 22.9 Å². The molecule has 0 bridgehead atoms. The highest BCUT2D eigenvalue weighted by Gasteiger charge is 2.36. The van der Waals surface area contributed by atoms with Crippen LogP contribution in [0.2, 0.25) is 0 Å². The molecule has 1 atom stereocenters. The van der Waals surface area contributed by atoms with E-state index in [4.69, 9.17) is 4.74 Å². The smallest absolute Gasteiger partial charge is 0.357 e. The molecule has 0 fully saturated rings. The summed E-state index contributed by atoms with van der Waals surface area (Å²) in [7, 11) is 0. The van der Waals surface area contributed by atoms with E-state index >= 15 is 0 Å². The molecule has 0 heterocycles. The van der Waals surface area contributed by atoms with E-state index in [9.17, 15) is 18.1 Å². The van der Waals surface area contributed by atoms with Gasteiger partial charge in [0, 0.05) is 11.8 Å². The van der Waals surface area contributed by atoms with Crippen LogP contribution in [-0.4, -0.2) is 33.5 Å². The highest BCUT2D eigenvalue weighted by atomic mass is 32.2. The summed E-state index contributed by atoms with van der Waals surface area (Å²) in [6.07, 6.45) is -3.32. The average Bonchev–Trinajstić information content (AvgIpc) is 2.25. The van der Waals surface area contributed by atoms with Gasteiger partial charge in [-0.1, -0.05) is 18.2 Å². The Bertz CT molecular complexity index is 390. The number of alkyl halides is 2. The SMILES string of the molecule is CC(C)OC(=O)/C(CC(C)(C)C(F)F)=N\[S+]([O-])C(C)(C)C. The number of rotatable bonds is 6. The quantitative estimate of drug-likeness (QED) is 0.426. The van der Waals surface area contributed by atoms with Crippen LogP contribution >= 0.6 is 0 Å². The molecule has 124 valence electrons. The molecule has 7 heteroatoms. The first-order valence-corrected chi connectivity index (χ1v) is 7.86. The number of halogens is 2. The van der Waals surface area contributed by atoms with Crippen LogP contribution in [-0.2, 0) is 20.9 Å². The maximum Gasteiger partial charge on any atom is 0.357 e. The van der Waals surface area contributed by atoms with Crippen LogP contribution in [0, 0.1) is 5.41 Å². The second-order valence-corrected chi connectivity index (χ2v) is 8.73. The largest absolute Gasteiger partial charge is 0.591 e. The summed E-state index contributed by atoms with van der Waals surface area (Å²) in [5.74, 6) is -0.795. The Morgan fingerprint density at radius 3 is 2.05 bits per heavy atom. The van der Waals surface area contributed by atoms with Gasteiger partial charge in [-0.15, -0.1) is 0 Å². The molecular formula is C14H25F2NO3S. The summed E-state index contributed by atoms with van der Waals surface area (Å²) in [6.45, 7) is 11.0. The minimum atomic E-state index is -2.63.